The Morgan fingerprint density at radius 2 is 1.83 bits per heavy atom. The lowest BCUT2D eigenvalue weighted by molar-refractivity contribution is -0.126. The van der Waals surface area contributed by atoms with E-state index in [2.05, 4.69) is 20.2 Å². The molecule has 126 valence electrons. The molecule has 1 aromatic rings. The first-order chi connectivity index (χ1) is 11.2. The van der Waals surface area contributed by atoms with Crippen LogP contribution in [-0.2, 0) is 11.3 Å². The van der Waals surface area contributed by atoms with Crippen LogP contribution in [0.15, 0.2) is 6.07 Å². The fourth-order valence-electron chi connectivity index (χ4n) is 3.63. The highest BCUT2D eigenvalue weighted by molar-refractivity contribution is 5.78. The van der Waals surface area contributed by atoms with E-state index in [0.29, 0.717) is 6.54 Å². The molecule has 1 amide bonds. The molecule has 5 heteroatoms. The highest BCUT2D eigenvalue weighted by Crippen LogP contribution is 2.23. The molecular formula is C18H28N4O. The van der Waals surface area contributed by atoms with Crippen molar-refractivity contribution >= 4 is 11.9 Å². The Kier molecular flexibility index (Phi) is 5.47. The van der Waals surface area contributed by atoms with E-state index in [9.17, 15) is 4.79 Å². The van der Waals surface area contributed by atoms with Gasteiger partial charge in [-0.05, 0) is 45.1 Å². The normalized spacial score (nSPS) is 19.6. The summed E-state index contributed by atoms with van der Waals surface area (Å²) in [6.07, 6.45) is 9.44. The number of nitrogens with zero attached hydrogens (tertiary/aromatic N) is 3. The second-order valence-corrected chi connectivity index (χ2v) is 6.90. The number of hydrogen-bond donors (Lipinski definition) is 1. The van der Waals surface area contributed by atoms with Crippen LogP contribution >= 0.6 is 0 Å². The predicted molar refractivity (Wildman–Crippen MR) is 91.3 cm³/mol. The topological polar surface area (TPSA) is 58.1 Å². The molecule has 3 rings (SSSR count). The number of carbonyl (C=O) groups excluding carboxylic acids is 1. The maximum atomic E-state index is 12.3. The maximum Gasteiger partial charge on any atom is 0.225 e. The van der Waals surface area contributed by atoms with Gasteiger partial charge in [-0.2, -0.15) is 0 Å². The molecule has 0 unspecified atom stereocenters. The van der Waals surface area contributed by atoms with Crippen LogP contribution in [0.4, 0.5) is 5.95 Å². The van der Waals surface area contributed by atoms with Gasteiger partial charge in [0.05, 0.1) is 12.2 Å². The van der Waals surface area contributed by atoms with Crippen molar-refractivity contribution in [1.29, 1.82) is 0 Å². The molecule has 0 radical (unpaired) electrons. The Bertz CT molecular complexity index is 534. The first-order valence-corrected chi connectivity index (χ1v) is 9.09. The average Bonchev–Trinajstić information content (AvgIpc) is 2.61. The number of carbonyl (C=O) groups is 1. The van der Waals surface area contributed by atoms with Crippen molar-refractivity contribution in [2.75, 3.05) is 18.0 Å². The molecule has 5 nitrogen and oxygen atoms in total. The highest BCUT2D eigenvalue weighted by atomic mass is 16.1. The molecule has 1 saturated heterocycles. The summed E-state index contributed by atoms with van der Waals surface area (Å²) in [5.41, 5.74) is 1.89. The van der Waals surface area contributed by atoms with Gasteiger partial charge in [0.15, 0.2) is 0 Å². The van der Waals surface area contributed by atoms with Crippen molar-refractivity contribution in [3.8, 4) is 0 Å². The van der Waals surface area contributed by atoms with Crippen LogP contribution in [-0.4, -0.2) is 29.0 Å². The molecule has 0 spiro atoms. The third kappa shape index (κ3) is 4.43. The number of hydrogen-bond acceptors (Lipinski definition) is 4. The number of aryl methyl sites for hydroxylation is 1. The van der Waals surface area contributed by atoms with Gasteiger partial charge in [0.25, 0.3) is 0 Å². The van der Waals surface area contributed by atoms with Gasteiger partial charge in [0.1, 0.15) is 0 Å². The molecule has 1 aliphatic carbocycles. The average molecular weight is 316 g/mol. The highest BCUT2D eigenvalue weighted by Gasteiger charge is 2.21. The fraction of sp³-hybridized carbons (Fsp3) is 0.722. The summed E-state index contributed by atoms with van der Waals surface area (Å²) < 4.78 is 0. The molecule has 2 fully saturated rings. The van der Waals surface area contributed by atoms with Crippen molar-refractivity contribution in [3.05, 3.63) is 17.5 Å². The molecule has 1 saturated carbocycles. The smallest absolute Gasteiger partial charge is 0.225 e. The van der Waals surface area contributed by atoms with E-state index in [-0.39, 0.29) is 11.8 Å². The predicted octanol–water partition coefficient (Wildman–Crippen LogP) is 2.97. The molecule has 1 N–H and O–H groups in total. The molecule has 2 aliphatic rings. The van der Waals surface area contributed by atoms with Crippen molar-refractivity contribution in [2.24, 2.45) is 5.92 Å². The standard InChI is InChI=1S/C18H28N4O/c1-14-12-16(13-19-17(23)15-8-4-2-5-9-15)21-18(20-14)22-10-6-3-7-11-22/h12,15H,2-11,13H2,1H3,(H,19,23). The van der Waals surface area contributed by atoms with E-state index in [0.717, 1.165) is 43.3 Å². The van der Waals surface area contributed by atoms with Gasteiger partial charge in [0, 0.05) is 24.7 Å². The Morgan fingerprint density at radius 3 is 2.57 bits per heavy atom. The van der Waals surface area contributed by atoms with Crippen LogP contribution in [0.2, 0.25) is 0 Å². The number of nitrogens with one attached hydrogen (secondary N) is 1. The van der Waals surface area contributed by atoms with Crippen molar-refractivity contribution in [3.63, 3.8) is 0 Å². The van der Waals surface area contributed by atoms with Gasteiger partial charge in [-0.1, -0.05) is 19.3 Å². The summed E-state index contributed by atoms with van der Waals surface area (Å²) in [6.45, 7) is 4.59. The molecule has 0 atom stereocenters. The minimum Gasteiger partial charge on any atom is -0.350 e. The van der Waals surface area contributed by atoms with Gasteiger partial charge in [-0.15, -0.1) is 0 Å². The summed E-state index contributed by atoms with van der Waals surface area (Å²) in [7, 11) is 0. The minimum absolute atomic E-state index is 0.195. The number of aromatic nitrogens is 2. The van der Waals surface area contributed by atoms with Gasteiger partial charge in [-0.25, -0.2) is 9.97 Å². The van der Waals surface area contributed by atoms with Crippen LogP contribution < -0.4 is 10.2 Å². The van der Waals surface area contributed by atoms with Crippen LogP contribution in [0.1, 0.15) is 62.8 Å². The van der Waals surface area contributed by atoms with Gasteiger partial charge in [0.2, 0.25) is 11.9 Å². The summed E-state index contributed by atoms with van der Waals surface area (Å²) in [5.74, 6) is 1.22. The van der Waals surface area contributed by atoms with E-state index in [1.54, 1.807) is 0 Å². The van der Waals surface area contributed by atoms with Crippen molar-refractivity contribution in [1.82, 2.24) is 15.3 Å². The van der Waals surface area contributed by atoms with E-state index >= 15 is 0 Å². The number of piperidine rings is 1. The van der Waals surface area contributed by atoms with Crippen molar-refractivity contribution < 1.29 is 4.79 Å². The van der Waals surface area contributed by atoms with Crippen LogP contribution in [0.25, 0.3) is 0 Å². The summed E-state index contributed by atoms with van der Waals surface area (Å²) in [6, 6.07) is 1.98. The molecule has 23 heavy (non-hydrogen) atoms. The lowest BCUT2D eigenvalue weighted by Crippen LogP contribution is -2.33. The second-order valence-electron chi connectivity index (χ2n) is 6.90. The third-order valence-corrected chi connectivity index (χ3v) is 4.95. The number of rotatable bonds is 4. The second kappa shape index (κ2) is 7.75. The lowest BCUT2D eigenvalue weighted by atomic mass is 9.89. The zero-order chi connectivity index (χ0) is 16.1. The van der Waals surface area contributed by atoms with Crippen LogP contribution in [0.5, 0.6) is 0 Å². The van der Waals surface area contributed by atoms with Crippen LogP contribution in [0.3, 0.4) is 0 Å². The number of anilines is 1. The van der Waals surface area contributed by atoms with Gasteiger partial charge < -0.3 is 10.2 Å². The quantitative estimate of drug-likeness (QED) is 0.928. The first-order valence-electron chi connectivity index (χ1n) is 9.09. The molecule has 2 heterocycles. The summed E-state index contributed by atoms with van der Waals surface area (Å²) >= 11 is 0. The largest absolute Gasteiger partial charge is 0.350 e. The Morgan fingerprint density at radius 1 is 1.13 bits per heavy atom. The van der Waals surface area contributed by atoms with Gasteiger partial charge in [-0.3, -0.25) is 4.79 Å². The fourth-order valence-corrected chi connectivity index (χ4v) is 3.63. The zero-order valence-electron chi connectivity index (χ0n) is 14.2. The number of amides is 1. The first kappa shape index (κ1) is 16.2. The molecule has 1 aromatic heterocycles. The van der Waals surface area contributed by atoms with E-state index in [4.69, 9.17) is 0 Å². The molecule has 1 aliphatic heterocycles. The Labute approximate surface area is 138 Å². The summed E-state index contributed by atoms with van der Waals surface area (Å²) in [5, 5.41) is 3.08. The minimum atomic E-state index is 0.195. The van der Waals surface area contributed by atoms with E-state index in [1.807, 2.05) is 13.0 Å². The summed E-state index contributed by atoms with van der Waals surface area (Å²) in [4.78, 5) is 23.8. The molecular weight excluding hydrogens is 288 g/mol. The third-order valence-electron chi connectivity index (χ3n) is 4.95. The van der Waals surface area contributed by atoms with E-state index in [1.165, 1.54) is 38.5 Å². The molecule has 0 aromatic carbocycles. The SMILES string of the molecule is Cc1cc(CNC(=O)C2CCCCC2)nc(N2CCCCC2)n1. The van der Waals surface area contributed by atoms with E-state index < -0.39 is 0 Å². The monoisotopic (exact) mass is 316 g/mol. The van der Waals surface area contributed by atoms with Gasteiger partial charge >= 0.3 is 0 Å². The maximum absolute atomic E-state index is 12.3. The Balaban J connectivity index is 1.60. The molecule has 0 bridgehead atoms. The zero-order valence-corrected chi connectivity index (χ0v) is 14.2. The lowest BCUT2D eigenvalue weighted by Gasteiger charge is -2.27. The van der Waals surface area contributed by atoms with Crippen molar-refractivity contribution in [2.45, 2.75) is 64.8 Å². The van der Waals surface area contributed by atoms with Crippen LogP contribution in [0, 0.1) is 12.8 Å². The Hall–Kier alpha value is -1.65.